The molecule has 1 N–H and O–H groups in total. The molecule has 0 aliphatic heterocycles. The van der Waals surface area contributed by atoms with E-state index in [-0.39, 0.29) is 16.6 Å². The number of hydrogen-bond acceptors (Lipinski definition) is 2. The first kappa shape index (κ1) is 15.4. The Bertz CT molecular complexity index is 647. The molecule has 1 heterocycles. The third-order valence-electron chi connectivity index (χ3n) is 2.87. The lowest BCUT2D eigenvalue weighted by Crippen LogP contribution is -2.33. The number of aromatic nitrogens is 1. The second-order valence-electron chi connectivity index (χ2n) is 4.48. The van der Waals surface area contributed by atoms with Gasteiger partial charge < -0.3 is 5.32 Å². The van der Waals surface area contributed by atoms with Crippen molar-refractivity contribution >= 4 is 16.6 Å². The van der Waals surface area contributed by atoms with Crippen LogP contribution in [0.3, 0.4) is 0 Å². The molecular weight excluding hydrogens is 298 g/mol. The molecule has 1 aromatic carbocycles. The van der Waals surface area contributed by atoms with Gasteiger partial charge in [0.05, 0.1) is 5.52 Å². The Kier molecular flexibility index (Phi) is 3.73. The number of pyridine rings is 1. The van der Waals surface area contributed by atoms with Gasteiger partial charge in [0.15, 0.2) is 0 Å². The van der Waals surface area contributed by atoms with Crippen molar-refractivity contribution in [3.63, 3.8) is 0 Å². The van der Waals surface area contributed by atoms with Crippen LogP contribution in [0.2, 0.25) is 0 Å². The summed E-state index contributed by atoms with van der Waals surface area (Å²) in [6.07, 6.45) is -9.30. The monoisotopic (exact) mass is 308 g/mol. The highest BCUT2D eigenvalue weighted by atomic mass is 19.4. The van der Waals surface area contributed by atoms with Gasteiger partial charge in [-0.25, -0.2) is 4.98 Å². The van der Waals surface area contributed by atoms with Crippen LogP contribution in [-0.4, -0.2) is 17.2 Å². The summed E-state index contributed by atoms with van der Waals surface area (Å²) in [4.78, 5) is 3.43. The van der Waals surface area contributed by atoms with Crippen LogP contribution in [0.5, 0.6) is 0 Å². The molecule has 0 bridgehead atoms. The van der Waals surface area contributed by atoms with E-state index in [1.807, 2.05) is 0 Å². The number of halogens is 6. The summed E-state index contributed by atoms with van der Waals surface area (Å²) in [7, 11) is 0. The van der Waals surface area contributed by atoms with Crippen molar-refractivity contribution < 1.29 is 26.3 Å². The minimum atomic E-state index is -4.73. The van der Waals surface area contributed by atoms with Crippen LogP contribution in [0.15, 0.2) is 30.3 Å². The van der Waals surface area contributed by atoms with Crippen LogP contribution in [-0.2, 0) is 6.18 Å². The van der Waals surface area contributed by atoms with Crippen LogP contribution in [0.1, 0.15) is 12.6 Å². The fraction of sp³-hybridized carbons (Fsp3) is 0.308. The van der Waals surface area contributed by atoms with E-state index >= 15 is 0 Å². The molecule has 0 saturated carbocycles. The third kappa shape index (κ3) is 3.37. The first-order valence-electron chi connectivity index (χ1n) is 5.89. The van der Waals surface area contributed by atoms with Gasteiger partial charge >= 0.3 is 12.4 Å². The minimum absolute atomic E-state index is 0.0239. The summed E-state index contributed by atoms with van der Waals surface area (Å²) >= 11 is 0. The maximum atomic E-state index is 12.8. The molecule has 0 aliphatic rings. The Balaban J connectivity index is 2.55. The number of rotatable bonds is 2. The molecule has 0 amide bonds. The van der Waals surface area contributed by atoms with E-state index < -0.39 is 24.1 Å². The molecule has 114 valence electrons. The zero-order valence-corrected chi connectivity index (χ0v) is 10.7. The number of nitrogens with zero attached hydrogens (tertiary/aromatic N) is 1. The van der Waals surface area contributed by atoms with Gasteiger partial charge in [-0.15, -0.1) is 0 Å². The lowest BCUT2D eigenvalue weighted by atomic mass is 10.1. The lowest BCUT2D eigenvalue weighted by molar-refractivity contribution is -0.140. The van der Waals surface area contributed by atoms with Crippen LogP contribution >= 0.6 is 0 Å². The highest BCUT2D eigenvalue weighted by Gasteiger charge is 2.37. The van der Waals surface area contributed by atoms with Gasteiger partial charge in [0, 0.05) is 11.1 Å². The van der Waals surface area contributed by atoms with E-state index in [1.54, 1.807) is 0 Å². The van der Waals surface area contributed by atoms with Crippen LogP contribution < -0.4 is 5.32 Å². The van der Waals surface area contributed by atoms with Crippen molar-refractivity contribution in [2.75, 3.05) is 5.32 Å². The number of alkyl halides is 6. The van der Waals surface area contributed by atoms with Gasteiger partial charge in [-0.3, -0.25) is 0 Å². The molecule has 0 aliphatic carbocycles. The number of para-hydroxylation sites is 1. The second-order valence-corrected chi connectivity index (χ2v) is 4.48. The van der Waals surface area contributed by atoms with Gasteiger partial charge in [0.1, 0.15) is 11.7 Å². The summed E-state index contributed by atoms with van der Waals surface area (Å²) in [5.74, 6) is 0. The second kappa shape index (κ2) is 5.09. The van der Waals surface area contributed by atoms with Crippen molar-refractivity contribution in [1.82, 2.24) is 4.98 Å². The minimum Gasteiger partial charge on any atom is -0.374 e. The van der Waals surface area contributed by atoms with E-state index in [1.165, 1.54) is 24.3 Å². The zero-order chi connectivity index (χ0) is 15.8. The fourth-order valence-electron chi connectivity index (χ4n) is 1.76. The maximum Gasteiger partial charge on any atom is 0.433 e. The Morgan fingerprint density at radius 1 is 1.05 bits per heavy atom. The summed E-state index contributed by atoms with van der Waals surface area (Å²) in [6, 6.07) is 4.31. The van der Waals surface area contributed by atoms with Crippen molar-refractivity contribution in [1.29, 1.82) is 0 Å². The van der Waals surface area contributed by atoms with Gasteiger partial charge in [-0.05, 0) is 19.1 Å². The molecule has 2 aromatic rings. The number of hydrogen-bond donors (Lipinski definition) is 1. The predicted molar refractivity (Wildman–Crippen MR) is 65.9 cm³/mol. The predicted octanol–water partition coefficient (Wildman–Crippen LogP) is 4.62. The molecule has 8 heteroatoms. The average molecular weight is 308 g/mol. The van der Waals surface area contributed by atoms with Crippen molar-refractivity contribution in [3.8, 4) is 0 Å². The smallest absolute Gasteiger partial charge is 0.374 e. The summed E-state index contributed by atoms with van der Waals surface area (Å²) < 4.78 is 76.0. The van der Waals surface area contributed by atoms with Gasteiger partial charge in [-0.1, -0.05) is 18.2 Å². The lowest BCUT2D eigenvalue weighted by Gasteiger charge is -2.20. The molecule has 1 atom stereocenters. The Morgan fingerprint density at radius 3 is 2.24 bits per heavy atom. The standard InChI is InChI=1S/C13H10F6N2/c1-7(12(14,15)16)20-10-6-11(13(17,18)19)21-9-5-3-2-4-8(9)10/h2-7H,1H3,(H,20,21). The number of fused-ring (bicyclic) bond motifs is 1. The Morgan fingerprint density at radius 2 is 1.67 bits per heavy atom. The van der Waals surface area contributed by atoms with Gasteiger partial charge in [-0.2, -0.15) is 26.3 Å². The summed E-state index contributed by atoms with van der Waals surface area (Å²) in [5, 5.41) is 2.27. The molecule has 2 rings (SSSR count). The fourth-order valence-corrected chi connectivity index (χ4v) is 1.76. The quantitative estimate of drug-likeness (QED) is 0.819. The highest BCUT2D eigenvalue weighted by Crippen LogP contribution is 2.34. The number of nitrogens with one attached hydrogen (secondary N) is 1. The first-order valence-corrected chi connectivity index (χ1v) is 5.89. The topological polar surface area (TPSA) is 24.9 Å². The van der Waals surface area contributed by atoms with E-state index in [9.17, 15) is 26.3 Å². The molecule has 1 unspecified atom stereocenters. The molecule has 0 radical (unpaired) electrons. The normalized spacial score (nSPS) is 14.2. The van der Waals surface area contributed by atoms with Crippen LogP contribution in [0.25, 0.3) is 10.9 Å². The van der Waals surface area contributed by atoms with E-state index in [0.29, 0.717) is 6.07 Å². The molecular formula is C13H10F6N2. The van der Waals surface area contributed by atoms with E-state index in [2.05, 4.69) is 10.3 Å². The van der Waals surface area contributed by atoms with Crippen LogP contribution in [0, 0.1) is 0 Å². The van der Waals surface area contributed by atoms with Gasteiger partial charge in [0.2, 0.25) is 0 Å². The summed E-state index contributed by atoms with van der Waals surface area (Å²) in [6.45, 7) is 0.836. The van der Waals surface area contributed by atoms with Crippen LogP contribution in [0.4, 0.5) is 32.0 Å². The number of benzene rings is 1. The maximum absolute atomic E-state index is 12.8. The zero-order valence-electron chi connectivity index (χ0n) is 10.7. The van der Waals surface area contributed by atoms with Crippen molar-refractivity contribution in [3.05, 3.63) is 36.0 Å². The summed E-state index contributed by atoms with van der Waals surface area (Å²) in [5.41, 5.74) is -1.51. The molecule has 0 saturated heterocycles. The highest BCUT2D eigenvalue weighted by molar-refractivity contribution is 5.91. The van der Waals surface area contributed by atoms with E-state index in [4.69, 9.17) is 0 Å². The molecule has 2 nitrogen and oxygen atoms in total. The molecule has 0 spiro atoms. The van der Waals surface area contributed by atoms with Gasteiger partial charge in [0.25, 0.3) is 0 Å². The molecule has 21 heavy (non-hydrogen) atoms. The van der Waals surface area contributed by atoms with Crippen molar-refractivity contribution in [2.45, 2.75) is 25.3 Å². The van der Waals surface area contributed by atoms with E-state index in [0.717, 1.165) is 6.92 Å². The Labute approximate surface area is 115 Å². The molecule has 0 fully saturated rings. The first-order chi connectivity index (χ1) is 9.59. The number of anilines is 1. The Hall–Kier alpha value is -1.99. The van der Waals surface area contributed by atoms with Crippen molar-refractivity contribution in [2.24, 2.45) is 0 Å². The average Bonchev–Trinajstić information content (AvgIpc) is 2.36. The largest absolute Gasteiger partial charge is 0.433 e. The molecule has 1 aromatic heterocycles. The SMILES string of the molecule is CC(Nc1cc(C(F)(F)F)nc2ccccc12)C(F)(F)F. The third-order valence-corrected chi connectivity index (χ3v) is 2.87.